The largest absolute Gasteiger partial charge is 0.343 e. The molecule has 0 bridgehead atoms. The standard InChI is InChI=1S/C21H38N2O/c1-17(2)9-7-10-20-11-12-21(18(3)15-20)16-23(19(4)24)14-8-13-22(5)6/h9,11,18,21H,7-8,10,12-16H2,1-6H3/t18-,21+/m1/s1. The molecule has 1 aliphatic rings. The van der Waals surface area contributed by atoms with Crippen molar-refractivity contribution in [2.45, 2.75) is 59.8 Å². The third kappa shape index (κ3) is 8.14. The van der Waals surface area contributed by atoms with E-state index in [-0.39, 0.29) is 5.91 Å². The smallest absolute Gasteiger partial charge is 0.219 e. The molecular weight excluding hydrogens is 296 g/mol. The molecule has 0 unspecified atom stereocenters. The van der Waals surface area contributed by atoms with Crippen molar-refractivity contribution in [3.05, 3.63) is 23.3 Å². The SMILES string of the molecule is CC(=O)N(CCCN(C)C)C[C@@H]1CC=C(CCC=C(C)C)C[C@H]1C. The lowest BCUT2D eigenvalue weighted by molar-refractivity contribution is -0.129. The Labute approximate surface area is 149 Å². The second kappa shape index (κ2) is 10.7. The minimum absolute atomic E-state index is 0.222. The molecule has 3 nitrogen and oxygen atoms in total. The van der Waals surface area contributed by atoms with Gasteiger partial charge in [0.05, 0.1) is 0 Å². The summed E-state index contributed by atoms with van der Waals surface area (Å²) in [6.45, 7) is 11.2. The van der Waals surface area contributed by atoms with Gasteiger partial charge in [0, 0.05) is 20.0 Å². The highest BCUT2D eigenvalue weighted by atomic mass is 16.2. The molecule has 138 valence electrons. The fourth-order valence-corrected chi connectivity index (χ4v) is 3.46. The second-order valence-electron chi connectivity index (χ2n) is 7.98. The lowest BCUT2D eigenvalue weighted by Crippen LogP contribution is -2.38. The van der Waals surface area contributed by atoms with Gasteiger partial charge in [0.2, 0.25) is 5.91 Å². The Bertz CT molecular complexity index is 447. The van der Waals surface area contributed by atoms with Gasteiger partial charge in [0.25, 0.3) is 0 Å². The number of amides is 1. The van der Waals surface area contributed by atoms with Gasteiger partial charge in [-0.25, -0.2) is 0 Å². The Balaban J connectivity index is 2.50. The van der Waals surface area contributed by atoms with Crippen LogP contribution in [-0.4, -0.2) is 49.4 Å². The van der Waals surface area contributed by atoms with E-state index in [4.69, 9.17) is 0 Å². The zero-order chi connectivity index (χ0) is 18.1. The first-order valence-corrected chi connectivity index (χ1v) is 9.51. The second-order valence-corrected chi connectivity index (χ2v) is 7.98. The van der Waals surface area contributed by atoms with Gasteiger partial charge in [0.15, 0.2) is 0 Å². The van der Waals surface area contributed by atoms with E-state index in [1.54, 1.807) is 12.5 Å². The zero-order valence-corrected chi connectivity index (χ0v) is 16.8. The first-order valence-electron chi connectivity index (χ1n) is 9.51. The van der Waals surface area contributed by atoms with Crippen LogP contribution in [0.3, 0.4) is 0 Å². The van der Waals surface area contributed by atoms with E-state index in [2.05, 4.69) is 56.8 Å². The molecule has 3 heteroatoms. The molecule has 1 rings (SSSR count). The highest BCUT2D eigenvalue weighted by molar-refractivity contribution is 5.73. The Morgan fingerprint density at radius 3 is 2.50 bits per heavy atom. The van der Waals surface area contributed by atoms with Gasteiger partial charge in [0.1, 0.15) is 0 Å². The average molecular weight is 335 g/mol. The summed E-state index contributed by atoms with van der Waals surface area (Å²) in [5.41, 5.74) is 3.02. The minimum Gasteiger partial charge on any atom is -0.343 e. The Hall–Kier alpha value is -1.09. The molecule has 0 saturated carbocycles. The molecule has 1 aliphatic carbocycles. The maximum absolute atomic E-state index is 12.0. The van der Waals surface area contributed by atoms with Gasteiger partial charge in [-0.15, -0.1) is 0 Å². The Morgan fingerprint density at radius 2 is 1.96 bits per heavy atom. The third-order valence-electron chi connectivity index (χ3n) is 5.05. The van der Waals surface area contributed by atoms with Crippen LogP contribution in [0.25, 0.3) is 0 Å². The van der Waals surface area contributed by atoms with Crippen molar-refractivity contribution in [3.63, 3.8) is 0 Å². The van der Waals surface area contributed by atoms with E-state index in [9.17, 15) is 4.79 Å². The van der Waals surface area contributed by atoms with Crippen molar-refractivity contribution in [1.29, 1.82) is 0 Å². The Kier molecular flexibility index (Phi) is 9.35. The number of allylic oxidation sites excluding steroid dienone is 4. The van der Waals surface area contributed by atoms with Crippen LogP contribution in [0, 0.1) is 11.8 Å². The summed E-state index contributed by atoms with van der Waals surface area (Å²) in [5.74, 6) is 1.51. The van der Waals surface area contributed by atoms with Crippen molar-refractivity contribution in [3.8, 4) is 0 Å². The lowest BCUT2D eigenvalue weighted by atomic mass is 9.79. The van der Waals surface area contributed by atoms with Crippen LogP contribution in [0.2, 0.25) is 0 Å². The van der Waals surface area contributed by atoms with Crippen LogP contribution >= 0.6 is 0 Å². The molecule has 0 fully saturated rings. The predicted octanol–water partition coefficient (Wildman–Crippen LogP) is 4.51. The molecule has 0 heterocycles. The van der Waals surface area contributed by atoms with Crippen LogP contribution in [-0.2, 0) is 4.79 Å². The summed E-state index contributed by atoms with van der Waals surface area (Å²) in [5, 5.41) is 0. The number of rotatable bonds is 9. The van der Waals surface area contributed by atoms with Crippen LogP contribution in [0.1, 0.15) is 59.8 Å². The van der Waals surface area contributed by atoms with Crippen LogP contribution in [0.15, 0.2) is 23.3 Å². The molecule has 0 aromatic heterocycles. The van der Waals surface area contributed by atoms with Crippen molar-refractivity contribution in [2.24, 2.45) is 11.8 Å². The molecule has 0 aromatic carbocycles. The maximum Gasteiger partial charge on any atom is 0.219 e. The molecule has 0 radical (unpaired) electrons. The molecule has 0 aromatic rings. The molecule has 0 N–H and O–H groups in total. The van der Waals surface area contributed by atoms with Crippen molar-refractivity contribution in [2.75, 3.05) is 33.7 Å². The van der Waals surface area contributed by atoms with Gasteiger partial charge in [-0.2, -0.15) is 0 Å². The van der Waals surface area contributed by atoms with Gasteiger partial charge in [-0.05, 0) is 78.4 Å². The quantitative estimate of drug-likeness (QED) is 0.579. The zero-order valence-electron chi connectivity index (χ0n) is 16.8. The van der Waals surface area contributed by atoms with Gasteiger partial charge in [-0.3, -0.25) is 4.79 Å². The van der Waals surface area contributed by atoms with Crippen molar-refractivity contribution < 1.29 is 4.79 Å². The summed E-state index contributed by atoms with van der Waals surface area (Å²) >= 11 is 0. The monoisotopic (exact) mass is 334 g/mol. The van der Waals surface area contributed by atoms with Crippen LogP contribution in [0.5, 0.6) is 0 Å². The van der Waals surface area contributed by atoms with Gasteiger partial charge >= 0.3 is 0 Å². The van der Waals surface area contributed by atoms with Crippen LogP contribution in [0.4, 0.5) is 0 Å². The normalized spacial score (nSPS) is 20.7. The summed E-state index contributed by atoms with van der Waals surface area (Å²) in [6, 6.07) is 0. The molecular formula is C21H38N2O. The molecule has 1 amide bonds. The molecule has 2 atom stereocenters. The first kappa shape index (κ1) is 21.0. The summed E-state index contributed by atoms with van der Waals surface area (Å²) in [4.78, 5) is 16.2. The van der Waals surface area contributed by atoms with Crippen molar-refractivity contribution in [1.82, 2.24) is 9.80 Å². The van der Waals surface area contributed by atoms with E-state index in [1.807, 2.05) is 0 Å². The molecule has 0 aliphatic heterocycles. The van der Waals surface area contributed by atoms with Crippen LogP contribution < -0.4 is 0 Å². The number of carbonyl (C=O) groups is 1. The van der Waals surface area contributed by atoms with Gasteiger partial charge < -0.3 is 9.80 Å². The molecule has 24 heavy (non-hydrogen) atoms. The molecule has 0 saturated heterocycles. The number of carbonyl (C=O) groups excluding carboxylic acids is 1. The first-order chi connectivity index (χ1) is 11.3. The van der Waals surface area contributed by atoms with E-state index >= 15 is 0 Å². The summed E-state index contributed by atoms with van der Waals surface area (Å²) < 4.78 is 0. The van der Waals surface area contributed by atoms with Gasteiger partial charge in [-0.1, -0.05) is 30.2 Å². The van der Waals surface area contributed by atoms with E-state index in [1.165, 1.54) is 18.4 Å². The summed E-state index contributed by atoms with van der Waals surface area (Å²) in [6.07, 6.45) is 10.5. The number of hydrogen-bond acceptors (Lipinski definition) is 2. The minimum atomic E-state index is 0.222. The number of hydrogen-bond donors (Lipinski definition) is 0. The average Bonchev–Trinajstić information content (AvgIpc) is 2.47. The van der Waals surface area contributed by atoms with E-state index in [0.29, 0.717) is 11.8 Å². The fourth-order valence-electron chi connectivity index (χ4n) is 3.46. The highest BCUT2D eigenvalue weighted by Crippen LogP contribution is 2.32. The van der Waals surface area contributed by atoms with E-state index < -0.39 is 0 Å². The summed E-state index contributed by atoms with van der Waals surface area (Å²) in [7, 11) is 4.17. The topological polar surface area (TPSA) is 23.6 Å². The molecule has 0 spiro atoms. The lowest BCUT2D eigenvalue weighted by Gasteiger charge is -2.33. The number of nitrogens with zero attached hydrogens (tertiary/aromatic N) is 2. The fraction of sp³-hybridized carbons (Fsp3) is 0.762. The van der Waals surface area contributed by atoms with Crippen molar-refractivity contribution >= 4 is 5.91 Å². The third-order valence-corrected chi connectivity index (χ3v) is 5.05. The van der Waals surface area contributed by atoms with E-state index in [0.717, 1.165) is 38.9 Å². The maximum atomic E-state index is 12.0. The Morgan fingerprint density at radius 1 is 1.25 bits per heavy atom. The highest BCUT2D eigenvalue weighted by Gasteiger charge is 2.25. The predicted molar refractivity (Wildman–Crippen MR) is 104 cm³/mol.